The number of nitrogens with one attached hydrogen (secondary N) is 1. The van der Waals surface area contributed by atoms with Gasteiger partial charge in [-0.1, -0.05) is 24.6 Å². The van der Waals surface area contributed by atoms with Crippen molar-refractivity contribution in [1.82, 2.24) is 34.3 Å². The molecule has 3 heterocycles. The van der Waals surface area contributed by atoms with Crippen LogP contribution in [0.3, 0.4) is 0 Å². The molecule has 4 aromatic rings. The molecule has 1 aliphatic rings. The molecule has 1 fully saturated rings. The normalized spacial score (nSPS) is 17.6. The van der Waals surface area contributed by atoms with Crippen molar-refractivity contribution >= 4 is 10.0 Å². The Kier molecular flexibility index (Phi) is 7.21. The molecule has 0 unspecified atom stereocenters. The van der Waals surface area contributed by atoms with Gasteiger partial charge in [-0.2, -0.15) is 10.2 Å². The van der Waals surface area contributed by atoms with Crippen LogP contribution in [0.4, 0.5) is 0 Å². The van der Waals surface area contributed by atoms with E-state index in [0.29, 0.717) is 24.2 Å². The summed E-state index contributed by atoms with van der Waals surface area (Å²) in [5.41, 5.74) is 6.17. The van der Waals surface area contributed by atoms with Crippen LogP contribution < -0.4 is 4.72 Å². The predicted octanol–water partition coefficient (Wildman–Crippen LogP) is 3.84. The number of hydrogen-bond acceptors (Lipinski definition) is 6. The largest absolute Gasteiger partial charge is 0.275 e. The van der Waals surface area contributed by atoms with Crippen LogP contribution in [-0.2, 0) is 30.5 Å². The number of aryl methyl sites for hydroxylation is 3. The zero-order valence-electron chi connectivity index (χ0n) is 21.5. The van der Waals surface area contributed by atoms with Gasteiger partial charge in [0.25, 0.3) is 0 Å². The first-order chi connectivity index (χ1) is 17.7. The standard InChI is InChI=1S/C27H33N7O2S/c1-33-17-23(14-29-33)21-7-5-8-22(12-21)27-28-16-25(24-15-30-34(2)18-24)26(32-27)9-4-6-19-10-20(11-19)13-31-37(3,35)36/h5,7-8,12,14-20,31H,4,6,9-11,13H2,1-3H3. The molecule has 0 atom stereocenters. The van der Waals surface area contributed by atoms with Crippen LogP contribution in [0.15, 0.2) is 55.2 Å². The molecule has 1 saturated carbocycles. The molecule has 0 spiro atoms. The summed E-state index contributed by atoms with van der Waals surface area (Å²) in [6.07, 6.45) is 16.0. The lowest BCUT2D eigenvalue weighted by Gasteiger charge is -2.35. The van der Waals surface area contributed by atoms with Gasteiger partial charge < -0.3 is 0 Å². The van der Waals surface area contributed by atoms with Crippen molar-refractivity contribution in [2.24, 2.45) is 25.9 Å². The molecule has 37 heavy (non-hydrogen) atoms. The van der Waals surface area contributed by atoms with Crippen molar-refractivity contribution in [3.05, 3.63) is 60.9 Å². The number of hydrogen-bond donors (Lipinski definition) is 1. The van der Waals surface area contributed by atoms with Gasteiger partial charge in [-0.3, -0.25) is 9.36 Å². The lowest BCUT2D eigenvalue weighted by atomic mass is 9.72. The molecule has 0 saturated heterocycles. The minimum absolute atomic E-state index is 0.448. The highest BCUT2D eigenvalue weighted by atomic mass is 32.2. The number of aromatic nitrogens is 6. The van der Waals surface area contributed by atoms with E-state index in [2.05, 4.69) is 27.1 Å². The molecule has 9 nitrogen and oxygen atoms in total. The lowest BCUT2D eigenvalue weighted by Crippen LogP contribution is -2.35. The fourth-order valence-electron chi connectivity index (χ4n) is 5.06. The van der Waals surface area contributed by atoms with Crippen molar-refractivity contribution in [2.75, 3.05) is 12.8 Å². The van der Waals surface area contributed by atoms with E-state index in [1.54, 1.807) is 9.36 Å². The quantitative estimate of drug-likeness (QED) is 0.341. The second-order valence-corrected chi connectivity index (χ2v) is 12.0. The van der Waals surface area contributed by atoms with Crippen LogP contribution in [0.25, 0.3) is 33.6 Å². The summed E-state index contributed by atoms with van der Waals surface area (Å²) in [6.45, 7) is 0.549. The number of nitrogens with zero attached hydrogens (tertiary/aromatic N) is 6. The van der Waals surface area contributed by atoms with Crippen molar-refractivity contribution in [1.29, 1.82) is 0 Å². The highest BCUT2D eigenvalue weighted by Crippen LogP contribution is 2.37. The van der Waals surface area contributed by atoms with Gasteiger partial charge in [0.2, 0.25) is 10.0 Å². The van der Waals surface area contributed by atoms with E-state index in [-0.39, 0.29) is 0 Å². The van der Waals surface area contributed by atoms with Gasteiger partial charge in [0.1, 0.15) is 0 Å². The Morgan fingerprint density at radius 2 is 1.65 bits per heavy atom. The van der Waals surface area contributed by atoms with Crippen LogP contribution >= 0.6 is 0 Å². The number of rotatable bonds is 10. The Labute approximate surface area is 218 Å². The predicted molar refractivity (Wildman–Crippen MR) is 144 cm³/mol. The van der Waals surface area contributed by atoms with Gasteiger partial charge in [-0.05, 0) is 49.1 Å². The molecule has 3 aromatic heterocycles. The van der Waals surface area contributed by atoms with Crippen molar-refractivity contribution < 1.29 is 8.42 Å². The molecule has 0 amide bonds. The van der Waals surface area contributed by atoms with Gasteiger partial charge in [0, 0.05) is 61.5 Å². The van der Waals surface area contributed by atoms with Gasteiger partial charge in [-0.25, -0.2) is 23.1 Å². The third-order valence-electron chi connectivity index (χ3n) is 7.04. The fourth-order valence-corrected chi connectivity index (χ4v) is 5.60. The van der Waals surface area contributed by atoms with Crippen LogP contribution in [0.5, 0.6) is 0 Å². The highest BCUT2D eigenvalue weighted by molar-refractivity contribution is 7.88. The molecule has 1 aromatic carbocycles. The first-order valence-electron chi connectivity index (χ1n) is 12.6. The first kappa shape index (κ1) is 25.3. The Bertz CT molecular complexity index is 1490. The summed E-state index contributed by atoms with van der Waals surface area (Å²) < 4.78 is 28.9. The average molecular weight is 520 g/mol. The number of benzene rings is 1. The van der Waals surface area contributed by atoms with Gasteiger partial charge in [-0.15, -0.1) is 0 Å². The molecular weight excluding hydrogens is 486 g/mol. The fraction of sp³-hybridized carbons (Fsp3) is 0.407. The summed E-state index contributed by atoms with van der Waals surface area (Å²) in [7, 11) is 0.709. The van der Waals surface area contributed by atoms with Crippen molar-refractivity contribution in [3.8, 4) is 33.6 Å². The zero-order chi connectivity index (χ0) is 26.0. The van der Waals surface area contributed by atoms with Crippen LogP contribution in [-0.4, -0.2) is 50.7 Å². The van der Waals surface area contributed by atoms with Crippen LogP contribution in [0.1, 0.15) is 31.4 Å². The van der Waals surface area contributed by atoms with Crippen LogP contribution in [0, 0.1) is 11.8 Å². The SMILES string of the molecule is Cn1cc(-c2cccc(-c3ncc(-c4cnn(C)c4)c(CCCC4CC(CNS(C)(=O)=O)C4)n3)c2)cn1. The molecule has 1 N–H and O–H groups in total. The smallest absolute Gasteiger partial charge is 0.208 e. The Morgan fingerprint density at radius 3 is 2.32 bits per heavy atom. The second-order valence-electron chi connectivity index (χ2n) is 10.2. The summed E-state index contributed by atoms with van der Waals surface area (Å²) >= 11 is 0. The third-order valence-corrected chi connectivity index (χ3v) is 7.73. The molecule has 1 aliphatic carbocycles. The third kappa shape index (κ3) is 6.31. The first-order valence-corrected chi connectivity index (χ1v) is 14.5. The van der Waals surface area contributed by atoms with E-state index >= 15 is 0 Å². The van der Waals surface area contributed by atoms with Crippen molar-refractivity contribution in [2.45, 2.75) is 32.1 Å². The molecule has 194 valence electrons. The summed E-state index contributed by atoms with van der Waals surface area (Å²) in [6, 6.07) is 8.25. The van der Waals surface area contributed by atoms with Gasteiger partial charge >= 0.3 is 0 Å². The maximum absolute atomic E-state index is 11.3. The molecule has 5 rings (SSSR count). The minimum atomic E-state index is -3.12. The van der Waals surface area contributed by atoms with Gasteiger partial charge in [0.15, 0.2) is 5.82 Å². The van der Waals surface area contributed by atoms with Crippen LogP contribution in [0.2, 0.25) is 0 Å². The molecule has 0 bridgehead atoms. The zero-order valence-corrected chi connectivity index (χ0v) is 22.3. The number of sulfonamides is 1. The molecule has 10 heteroatoms. The molecule has 0 aliphatic heterocycles. The molecular formula is C27H33N7O2S. The van der Waals surface area contributed by atoms with Gasteiger partial charge in [0.05, 0.1) is 24.3 Å². The Balaban J connectivity index is 1.31. The van der Waals surface area contributed by atoms with Crippen molar-refractivity contribution in [3.63, 3.8) is 0 Å². The van der Waals surface area contributed by atoms with E-state index in [9.17, 15) is 8.42 Å². The van der Waals surface area contributed by atoms with E-state index in [1.165, 1.54) is 6.26 Å². The lowest BCUT2D eigenvalue weighted by molar-refractivity contribution is 0.181. The van der Waals surface area contributed by atoms with E-state index in [1.807, 2.05) is 57.2 Å². The minimum Gasteiger partial charge on any atom is -0.275 e. The van der Waals surface area contributed by atoms with E-state index in [0.717, 1.165) is 65.6 Å². The second kappa shape index (κ2) is 10.5. The Morgan fingerprint density at radius 1 is 0.946 bits per heavy atom. The monoisotopic (exact) mass is 519 g/mol. The average Bonchev–Trinajstić information content (AvgIpc) is 3.47. The maximum atomic E-state index is 11.3. The molecule has 0 radical (unpaired) electrons. The summed E-state index contributed by atoms with van der Waals surface area (Å²) in [4.78, 5) is 9.77. The highest BCUT2D eigenvalue weighted by Gasteiger charge is 2.29. The Hall–Kier alpha value is -3.37. The summed E-state index contributed by atoms with van der Waals surface area (Å²) in [5.74, 6) is 1.80. The topological polar surface area (TPSA) is 108 Å². The van der Waals surface area contributed by atoms with E-state index < -0.39 is 10.0 Å². The maximum Gasteiger partial charge on any atom is 0.208 e. The van der Waals surface area contributed by atoms with E-state index in [4.69, 9.17) is 9.97 Å². The summed E-state index contributed by atoms with van der Waals surface area (Å²) in [5, 5.41) is 8.63.